The van der Waals surface area contributed by atoms with Gasteiger partial charge in [-0.3, -0.25) is 0 Å². The van der Waals surface area contributed by atoms with Crippen molar-refractivity contribution >= 4 is 5.57 Å². The molecule has 2 heteroatoms. The Kier molecular flexibility index (Phi) is 21.1. The van der Waals surface area contributed by atoms with Crippen molar-refractivity contribution in [2.75, 3.05) is 13.6 Å². The summed E-state index contributed by atoms with van der Waals surface area (Å²) in [4.78, 5) is 0. The van der Waals surface area contributed by atoms with E-state index in [-0.39, 0.29) is 0 Å². The van der Waals surface area contributed by atoms with Crippen LogP contribution in [0.5, 0.6) is 0 Å². The number of benzene rings is 2. The normalized spacial score (nSPS) is 19.5. The van der Waals surface area contributed by atoms with Crippen LogP contribution in [-0.4, -0.2) is 13.6 Å². The number of hydrogen-bond acceptors (Lipinski definition) is 2. The lowest BCUT2D eigenvalue weighted by Crippen LogP contribution is -2.39. The van der Waals surface area contributed by atoms with Crippen LogP contribution in [0.25, 0.3) is 5.57 Å². The Labute approximate surface area is 303 Å². The standard InChI is InChI=1S/C32H38.C9H16.C3H9N.C2H6.CH5N/c1-9-26-17-21(4)15-16-28(26)18-24(7)29(11-3)31-19-25(8)30(20-27(31)10-2)32-22(5)13-12-14-23(32)6;1-2-9-7-4-3-5-8(9)6-7;1-2-3-4;2*1-2/h10,12-17,20H,2,8-9,11,18-19H2,1,3-7H3;7-9H,2-6H2,1H3;2-4H2,1H3;1-2H3;2H2,1H3/b29-24+;;;;. The predicted octanol–water partition coefficient (Wildman–Crippen LogP) is 12.8. The third-order valence-corrected chi connectivity index (χ3v) is 10.5. The van der Waals surface area contributed by atoms with E-state index in [4.69, 9.17) is 5.73 Å². The Morgan fingerprint density at radius 2 is 1.51 bits per heavy atom. The van der Waals surface area contributed by atoms with Crippen molar-refractivity contribution in [2.45, 2.75) is 133 Å². The first-order valence-electron chi connectivity index (χ1n) is 19.5. The van der Waals surface area contributed by atoms with Gasteiger partial charge in [0.05, 0.1) is 0 Å². The molecule has 0 aliphatic heterocycles. The van der Waals surface area contributed by atoms with E-state index in [9.17, 15) is 0 Å². The SMILES string of the molecule is C=CC1=C(/C(CC)=C(\C)Cc2ccc(C)cc2CC)CC(=C)C(c2c(C)cccc2C)=C1.CC.CCC1C2CCCC1C2.CCCN.CN. The van der Waals surface area contributed by atoms with Crippen LogP contribution < -0.4 is 11.5 Å². The van der Waals surface area contributed by atoms with Crippen molar-refractivity contribution in [1.82, 2.24) is 0 Å². The van der Waals surface area contributed by atoms with Crippen LogP contribution in [0.2, 0.25) is 0 Å². The molecule has 2 aromatic carbocycles. The lowest BCUT2D eigenvalue weighted by atomic mass is 9.56. The minimum absolute atomic E-state index is 0.819. The average molecular weight is 667 g/mol. The van der Waals surface area contributed by atoms with Crippen molar-refractivity contribution in [3.8, 4) is 0 Å². The highest BCUT2D eigenvalue weighted by Gasteiger charge is 2.41. The molecule has 0 saturated heterocycles. The Bertz CT molecular complexity index is 1380. The molecule has 2 aromatic rings. The highest BCUT2D eigenvalue weighted by atomic mass is 14.5. The van der Waals surface area contributed by atoms with Gasteiger partial charge in [0.15, 0.2) is 0 Å². The summed E-state index contributed by atoms with van der Waals surface area (Å²) in [5.74, 6) is 3.47. The maximum Gasteiger partial charge on any atom is -0.00168 e. The van der Waals surface area contributed by atoms with Gasteiger partial charge in [0.1, 0.15) is 0 Å². The molecule has 2 bridgehead atoms. The van der Waals surface area contributed by atoms with Crippen LogP contribution in [-0.2, 0) is 12.8 Å². The van der Waals surface area contributed by atoms with Crippen molar-refractivity contribution in [3.05, 3.63) is 123 Å². The first-order chi connectivity index (χ1) is 23.6. The molecule has 0 amide bonds. The predicted molar refractivity (Wildman–Crippen MR) is 222 cm³/mol. The van der Waals surface area contributed by atoms with Gasteiger partial charge in [0.25, 0.3) is 0 Å². The van der Waals surface area contributed by atoms with Gasteiger partial charge in [-0.25, -0.2) is 0 Å². The largest absolute Gasteiger partial charge is 0.333 e. The second-order valence-electron chi connectivity index (χ2n) is 13.7. The van der Waals surface area contributed by atoms with Gasteiger partial charge in [-0.15, -0.1) is 0 Å². The molecule has 6 rings (SSSR count). The third kappa shape index (κ3) is 12.1. The molecule has 4 N–H and O–H groups in total. The molecule has 4 aliphatic carbocycles. The number of nitrogens with two attached hydrogens (primary N) is 2. The molecule has 4 aliphatic rings. The van der Waals surface area contributed by atoms with Crippen LogP contribution >= 0.6 is 0 Å². The van der Waals surface area contributed by atoms with Gasteiger partial charge >= 0.3 is 0 Å². The second kappa shape index (κ2) is 23.5. The molecule has 3 saturated carbocycles. The molecule has 0 spiro atoms. The molecule has 3 fully saturated rings. The number of hydrogen-bond donors (Lipinski definition) is 2. The van der Waals surface area contributed by atoms with Crippen LogP contribution in [0.4, 0.5) is 0 Å². The van der Waals surface area contributed by atoms with E-state index >= 15 is 0 Å². The molecule has 0 aromatic heterocycles. The monoisotopic (exact) mass is 667 g/mol. The van der Waals surface area contributed by atoms with Crippen molar-refractivity contribution in [1.29, 1.82) is 0 Å². The van der Waals surface area contributed by atoms with E-state index in [1.807, 2.05) is 19.9 Å². The van der Waals surface area contributed by atoms with Gasteiger partial charge in [-0.1, -0.05) is 134 Å². The molecule has 2 nitrogen and oxygen atoms in total. The Balaban J connectivity index is 0.000000578. The van der Waals surface area contributed by atoms with E-state index in [0.29, 0.717) is 0 Å². The topological polar surface area (TPSA) is 52.0 Å². The van der Waals surface area contributed by atoms with E-state index in [2.05, 4.69) is 117 Å². The molecular formula is C47H74N2. The molecule has 0 radical (unpaired) electrons. The van der Waals surface area contributed by atoms with Crippen molar-refractivity contribution in [3.63, 3.8) is 0 Å². The summed E-state index contributed by atoms with van der Waals surface area (Å²) < 4.78 is 0. The molecule has 0 heterocycles. The van der Waals surface area contributed by atoms with Crippen LogP contribution in [0, 0.1) is 38.5 Å². The number of aryl methyl sites for hydroxylation is 4. The smallest absolute Gasteiger partial charge is 0.00168 e. The van der Waals surface area contributed by atoms with E-state index in [1.54, 1.807) is 19.3 Å². The number of fused-ring (bicyclic) bond motifs is 2. The fourth-order valence-corrected chi connectivity index (χ4v) is 8.03. The molecule has 2 atom stereocenters. The Hall–Kier alpha value is -2.94. The Morgan fingerprint density at radius 3 is 1.96 bits per heavy atom. The average Bonchev–Trinajstić information content (AvgIpc) is 3.12. The zero-order valence-electron chi connectivity index (χ0n) is 33.7. The summed E-state index contributed by atoms with van der Waals surface area (Å²) in [7, 11) is 1.50. The van der Waals surface area contributed by atoms with E-state index in [1.165, 1.54) is 86.7 Å². The quantitative estimate of drug-likeness (QED) is 0.280. The zero-order chi connectivity index (χ0) is 37.1. The maximum absolute atomic E-state index is 5.03. The van der Waals surface area contributed by atoms with Gasteiger partial charge < -0.3 is 11.5 Å². The summed E-state index contributed by atoms with van der Waals surface area (Å²) in [6, 6.07) is 13.4. The summed E-state index contributed by atoms with van der Waals surface area (Å²) >= 11 is 0. The van der Waals surface area contributed by atoms with E-state index < -0.39 is 0 Å². The lowest BCUT2D eigenvalue weighted by molar-refractivity contribution is 0.0119. The second-order valence-corrected chi connectivity index (χ2v) is 13.7. The van der Waals surface area contributed by atoms with Gasteiger partial charge in [-0.05, 0) is 159 Å². The van der Waals surface area contributed by atoms with Crippen LogP contribution in [0.1, 0.15) is 133 Å². The van der Waals surface area contributed by atoms with Crippen LogP contribution in [0.15, 0.2) is 89.6 Å². The van der Waals surface area contributed by atoms with Crippen LogP contribution in [0.3, 0.4) is 0 Å². The minimum Gasteiger partial charge on any atom is -0.333 e. The first kappa shape index (κ1) is 44.1. The fraction of sp³-hybridized carbons (Fsp3) is 0.532. The third-order valence-electron chi connectivity index (χ3n) is 10.5. The Morgan fingerprint density at radius 1 is 0.918 bits per heavy atom. The van der Waals surface area contributed by atoms with Gasteiger partial charge in [0, 0.05) is 0 Å². The highest BCUT2D eigenvalue weighted by Crippen LogP contribution is 2.51. The minimum atomic E-state index is 0.819. The number of allylic oxidation sites excluding steroid dienone is 8. The molecule has 272 valence electrons. The summed E-state index contributed by atoms with van der Waals surface area (Å²) in [5.41, 5.74) is 25.7. The molecule has 2 unspecified atom stereocenters. The highest BCUT2D eigenvalue weighted by molar-refractivity contribution is 5.86. The molecular weight excluding hydrogens is 593 g/mol. The number of rotatable bonds is 9. The fourth-order valence-electron chi connectivity index (χ4n) is 8.03. The first-order valence-corrected chi connectivity index (χ1v) is 19.5. The van der Waals surface area contributed by atoms with E-state index in [0.717, 1.165) is 56.4 Å². The zero-order valence-corrected chi connectivity index (χ0v) is 33.7. The molecule has 49 heavy (non-hydrogen) atoms. The maximum atomic E-state index is 5.03. The summed E-state index contributed by atoms with van der Waals surface area (Å²) in [6.07, 6.45) is 17.1. The van der Waals surface area contributed by atoms with Crippen molar-refractivity contribution in [2.24, 2.45) is 29.2 Å². The van der Waals surface area contributed by atoms with Crippen molar-refractivity contribution < 1.29 is 0 Å². The summed E-state index contributed by atoms with van der Waals surface area (Å²) in [6.45, 7) is 31.3. The van der Waals surface area contributed by atoms with Gasteiger partial charge in [-0.2, -0.15) is 0 Å². The van der Waals surface area contributed by atoms with Gasteiger partial charge in [0.2, 0.25) is 0 Å². The lowest BCUT2D eigenvalue weighted by Gasteiger charge is -2.49. The summed E-state index contributed by atoms with van der Waals surface area (Å²) in [5, 5.41) is 0.